The van der Waals surface area contributed by atoms with Crippen molar-refractivity contribution >= 4 is 11.5 Å². The van der Waals surface area contributed by atoms with E-state index in [-0.39, 0.29) is 24.7 Å². The molecule has 44 heavy (non-hydrogen) atoms. The Morgan fingerprint density at radius 1 is 0.932 bits per heavy atom. The van der Waals surface area contributed by atoms with E-state index in [2.05, 4.69) is 20.4 Å². The van der Waals surface area contributed by atoms with E-state index >= 15 is 0 Å². The highest BCUT2D eigenvalue weighted by atomic mass is 16.7. The number of aryl methyl sites for hydroxylation is 2. The minimum absolute atomic E-state index is 0.0740. The van der Waals surface area contributed by atoms with Crippen LogP contribution in [0.4, 0.5) is 0 Å². The van der Waals surface area contributed by atoms with Gasteiger partial charge in [-0.1, -0.05) is 26.0 Å². The Hall–Kier alpha value is -4.59. The van der Waals surface area contributed by atoms with Gasteiger partial charge in [-0.15, -0.1) is 6.58 Å². The van der Waals surface area contributed by atoms with Crippen LogP contribution in [0.3, 0.4) is 0 Å². The molecule has 0 fully saturated rings. The summed E-state index contributed by atoms with van der Waals surface area (Å²) in [5.41, 5.74) is 5.77. The molecule has 0 saturated heterocycles. The fourth-order valence-corrected chi connectivity index (χ4v) is 5.44. The largest absolute Gasteiger partial charge is 0.493 e. The summed E-state index contributed by atoms with van der Waals surface area (Å²) in [5, 5.41) is 0. The second-order valence-electron chi connectivity index (χ2n) is 11.3. The highest BCUT2D eigenvalue weighted by molar-refractivity contribution is 5.99. The van der Waals surface area contributed by atoms with Crippen LogP contribution in [0.25, 0.3) is 5.57 Å². The van der Waals surface area contributed by atoms with Crippen molar-refractivity contribution in [2.45, 2.75) is 52.5 Å². The van der Waals surface area contributed by atoms with Crippen molar-refractivity contribution in [3.05, 3.63) is 89.1 Å². The molecular weight excluding hydrogens is 558 g/mol. The molecule has 8 heteroatoms. The summed E-state index contributed by atoms with van der Waals surface area (Å²) < 4.78 is 34.4. The molecule has 1 amide bonds. The minimum atomic E-state index is -0.180. The normalized spacial score (nSPS) is 15.3. The van der Waals surface area contributed by atoms with E-state index in [0.717, 1.165) is 33.6 Å². The molecule has 0 radical (unpaired) electrons. The third kappa shape index (κ3) is 6.34. The van der Waals surface area contributed by atoms with Crippen LogP contribution in [0, 0.1) is 13.8 Å². The molecule has 0 aliphatic carbocycles. The number of methoxy groups -OCH3 is 2. The van der Waals surface area contributed by atoms with Gasteiger partial charge in [0.2, 0.25) is 6.79 Å². The number of carbonyl (C=O) groups excluding carboxylic acids is 1. The van der Waals surface area contributed by atoms with Crippen LogP contribution < -0.4 is 28.4 Å². The van der Waals surface area contributed by atoms with E-state index in [1.54, 1.807) is 25.2 Å². The number of hydrogen-bond acceptors (Lipinski definition) is 7. The predicted octanol–water partition coefficient (Wildman–Crippen LogP) is 7.46. The number of carbonyl (C=O) groups is 1. The molecule has 0 N–H and O–H groups in total. The maximum Gasteiger partial charge on any atom is 0.258 e. The Bertz CT molecular complexity index is 1580. The first-order valence-electron chi connectivity index (χ1n) is 14.9. The third-order valence-corrected chi connectivity index (χ3v) is 8.10. The lowest BCUT2D eigenvalue weighted by molar-refractivity contribution is 0.0804. The molecule has 1 atom stereocenters. The number of amides is 1. The van der Waals surface area contributed by atoms with Crippen molar-refractivity contribution in [3.63, 3.8) is 0 Å². The van der Waals surface area contributed by atoms with Gasteiger partial charge in [0.05, 0.1) is 33.5 Å². The molecular formula is C36H41NO7. The van der Waals surface area contributed by atoms with Crippen molar-refractivity contribution in [2.24, 2.45) is 0 Å². The third-order valence-electron chi connectivity index (χ3n) is 8.10. The molecule has 2 heterocycles. The lowest BCUT2D eigenvalue weighted by Gasteiger charge is -2.24. The maximum absolute atomic E-state index is 14.1. The van der Waals surface area contributed by atoms with Crippen LogP contribution in [0.1, 0.15) is 65.2 Å². The first kappa shape index (κ1) is 30.9. The molecule has 3 aromatic rings. The molecule has 3 aromatic carbocycles. The van der Waals surface area contributed by atoms with Gasteiger partial charge in [0.15, 0.2) is 34.5 Å². The Morgan fingerprint density at radius 3 is 2.23 bits per heavy atom. The predicted molar refractivity (Wildman–Crippen MR) is 170 cm³/mol. The summed E-state index contributed by atoms with van der Waals surface area (Å²) in [7, 11) is 3.23. The number of rotatable bonds is 12. The molecule has 0 bridgehead atoms. The Labute approximate surface area is 259 Å². The molecule has 232 valence electrons. The fourth-order valence-electron chi connectivity index (χ4n) is 5.44. The smallest absolute Gasteiger partial charge is 0.258 e. The van der Waals surface area contributed by atoms with Crippen LogP contribution in [0.5, 0.6) is 34.5 Å². The SMILES string of the molecule is C=CC1CC(c2ccc3c(c2)OCO3)=CN1C(=O)c1cc(OC)c(OCCCOc2cc(C)c(C)cc2OC)cc1C(C)C. The standard InChI is InChI=1S/C36H41NO7/c1-8-27-16-26(25-10-11-30-34(17-25)44-21-43-30)20-37(27)36(38)29-19-32(40-7)35(18-28(29)22(2)3)42-13-9-12-41-33-15-24(5)23(4)14-31(33)39-6/h8,10-11,14-15,17-20,22,27H,1,9,12-13,16,21H2,2-7H3. The van der Waals surface area contributed by atoms with Gasteiger partial charge in [0.25, 0.3) is 5.91 Å². The second kappa shape index (κ2) is 13.4. The lowest BCUT2D eigenvalue weighted by atomic mass is 9.95. The van der Waals surface area contributed by atoms with Crippen molar-refractivity contribution in [2.75, 3.05) is 34.2 Å². The van der Waals surface area contributed by atoms with E-state index in [1.807, 2.05) is 62.5 Å². The van der Waals surface area contributed by atoms with Crippen LogP contribution in [0.15, 0.2) is 61.3 Å². The summed E-state index contributed by atoms with van der Waals surface area (Å²) >= 11 is 0. The number of benzene rings is 3. The number of nitrogens with zero attached hydrogens (tertiary/aromatic N) is 1. The first-order valence-corrected chi connectivity index (χ1v) is 14.9. The molecule has 5 rings (SSSR count). The number of hydrogen-bond donors (Lipinski definition) is 0. The lowest BCUT2D eigenvalue weighted by Crippen LogP contribution is -2.32. The van der Waals surface area contributed by atoms with E-state index < -0.39 is 0 Å². The molecule has 1 unspecified atom stereocenters. The van der Waals surface area contributed by atoms with Crippen LogP contribution >= 0.6 is 0 Å². The number of fused-ring (bicyclic) bond motifs is 1. The van der Waals surface area contributed by atoms with Gasteiger partial charge in [-0.25, -0.2) is 0 Å². The van der Waals surface area contributed by atoms with Gasteiger partial charge in [-0.05, 0) is 90.4 Å². The summed E-state index contributed by atoms with van der Waals surface area (Å²) in [4.78, 5) is 15.8. The monoisotopic (exact) mass is 599 g/mol. The topological polar surface area (TPSA) is 75.7 Å². The zero-order valence-corrected chi connectivity index (χ0v) is 26.4. The Balaban J connectivity index is 1.31. The van der Waals surface area contributed by atoms with E-state index in [9.17, 15) is 4.79 Å². The average molecular weight is 600 g/mol. The van der Waals surface area contributed by atoms with Gasteiger partial charge in [-0.2, -0.15) is 0 Å². The van der Waals surface area contributed by atoms with Gasteiger partial charge in [0, 0.05) is 18.2 Å². The average Bonchev–Trinajstić information content (AvgIpc) is 3.68. The highest BCUT2D eigenvalue weighted by Crippen LogP contribution is 2.40. The molecule has 0 spiro atoms. The summed E-state index contributed by atoms with van der Waals surface area (Å²) in [6, 6.07) is 13.4. The molecule has 0 saturated carbocycles. The molecule has 8 nitrogen and oxygen atoms in total. The van der Waals surface area contributed by atoms with Gasteiger partial charge >= 0.3 is 0 Å². The van der Waals surface area contributed by atoms with Gasteiger partial charge in [0.1, 0.15) is 0 Å². The summed E-state index contributed by atoms with van der Waals surface area (Å²) in [5.74, 6) is 3.92. The Kier molecular flexibility index (Phi) is 9.37. The van der Waals surface area contributed by atoms with Crippen molar-refractivity contribution in [3.8, 4) is 34.5 Å². The molecule has 2 aliphatic heterocycles. The van der Waals surface area contributed by atoms with Gasteiger partial charge < -0.3 is 33.3 Å². The quantitative estimate of drug-likeness (QED) is 0.158. The minimum Gasteiger partial charge on any atom is -0.493 e. The van der Waals surface area contributed by atoms with E-state index in [0.29, 0.717) is 60.4 Å². The van der Waals surface area contributed by atoms with Crippen molar-refractivity contribution < 1.29 is 33.2 Å². The zero-order chi connectivity index (χ0) is 31.4. The van der Waals surface area contributed by atoms with E-state index in [1.165, 1.54) is 0 Å². The molecule has 2 aliphatic rings. The summed E-state index contributed by atoms with van der Waals surface area (Å²) in [6.45, 7) is 13.3. The Morgan fingerprint density at radius 2 is 1.57 bits per heavy atom. The van der Waals surface area contributed by atoms with Crippen molar-refractivity contribution in [1.29, 1.82) is 0 Å². The second-order valence-corrected chi connectivity index (χ2v) is 11.3. The van der Waals surface area contributed by atoms with Crippen LogP contribution in [-0.2, 0) is 0 Å². The van der Waals surface area contributed by atoms with Gasteiger partial charge in [-0.3, -0.25) is 4.79 Å². The van der Waals surface area contributed by atoms with Crippen LogP contribution in [0.2, 0.25) is 0 Å². The number of ether oxygens (including phenoxy) is 6. The highest BCUT2D eigenvalue weighted by Gasteiger charge is 2.31. The fraction of sp³-hybridized carbons (Fsp3) is 0.361. The maximum atomic E-state index is 14.1. The zero-order valence-electron chi connectivity index (χ0n) is 26.4. The first-order chi connectivity index (χ1) is 21.2. The van der Waals surface area contributed by atoms with E-state index in [4.69, 9.17) is 28.4 Å². The van der Waals surface area contributed by atoms with Crippen molar-refractivity contribution in [1.82, 2.24) is 4.90 Å². The summed E-state index contributed by atoms with van der Waals surface area (Å²) in [6.07, 6.45) is 5.03. The van der Waals surface area contributed by atoms with Crippen LogP contribution in [-0.4, -0.2) is 51.1 Å². The molecule has 0 aromatic heterocycles.